The molecule has 0 bridgehead atoms. The van der Waals surface area contributed by atoms with Crippen molar-refractivity contribution in [2.75, 3.05) is 7.11 Å². The van der Waals surface area contributed by atoms with Crippen molar-refractivity contribution in [1.29, 1.82) is 5.41 Å². The summed E-state index contributed by atoms with van der Waals surface area (Å²) in [4.78, 5) is 27.8. The molecule has 174 valence electrons. The highest BCUT2D eigenvalue weighted by atomic mass is 32.2. The van der Waals surface area contributed by atoms with Gasteiger partial charge in [-0.15, -0.1) is 0 Å². The quantitative estimate of drug-likeness (QED) is 0.360. The maximum atomic E-state index is 12.7. The molecule has 1 N–H and O–H groups in total. The highest BCUT2D eigenvalue weighted by molar-refractivity contribution is 8.27. The number of thioether (sulfide) groups is 1. The number of nitro benzene ring substituents is 1. The fourth-order valence-electron chi connectivity index (χ4n) is 4.24. The molecular weight excluding hydrogens is 458 g/mol. The summed E-state index contributed by atoms with van der Waals surface area (Å²) in [6.45, 7) is 0. The van der Waals surface area contributed by atoms with E-state index in [9.17, 15) is 14.9 Å². The lowest BCUT2D eigenvalue weighted by Crippen LogP contribution is -2.35. The topological polar surface area (TPSA) is 134 Å². The van der Waals surface area contributed by atoms with Crippen molar-refractivity contribution in [3.05, 3.63) is 51.8 Å². The minimum Gasteiger partial charge on any atom is -0.497 e. The first-order valence-electron chi connectivity index (χ1n) is 10.9. The first-order chi connectivity index (χ1) is 16.4. The summed E-state index contributed by atoms with van der Waals surface area (Å²) < 4.78 is 10.9. The molecule has 2 aliphatic heterocycles. The number of methoxy groups -OCH3 is 1. The van der Waals surface area contributed by atoms with Gasteiger partial charge in [-0.05, 0) is 54.9 Å². The van der Waals surface area contributed by atoms with Crippen LogP contribution in [0, 0.1) is 21.4 Å². The predicted molar refractivity (Wildman–Crippen MR) is 129 cm³/mol. The molecule has 1 aromatic carbocycles. The molecule has 1 aliphatic carbocycles. The van der Waals surface area contributed by atoms with Crippen molar-refractivity contribution in [3.63, 3.8) is 0 Å². The van der Waals surface area contributed by atoms with E-state index in [2.05, 4.69) is 10.1 Å². The van der Waals surface area contributed by atoms with Crippen LogP contribution in [0.1, 0.15) is 37.9 Å². The molecule has 3 aliphatic rings. The zero-order chi connectivity index (χ0) is 23.8. The third-order valence-electron chi connectivity index (χ3n) is 6.00. The van der Waals surface area contributed by atoms with E-state index in [0.717, 1.165) is 30.7 Å². The van der Waals surface area contributed by atoms with Crippen LogP contribution in [0.25, 0.3) is 17.4 Å². The van der Waals surface area contributed by atoms with Crippen molar-refractivity contribution in [1.82, 2.24) is 5.01 Å². The molecule has 0 atom stereocenters. The second-order valence-electron chi connectivity index (χ2n) is 8.14. The van der Waals surface area contributed by atoms with Crippen molar-refractivity contribution < 1.29 is 18.9 Å². The maximum absolute atomic E-state index is 12.7. The minimum absolute atomic E-state index is 0.0446. The molecule has 5 rings (SSSR count). The molecule has 3 heterocycles. The third-order valence-corrected chi connectivity index (χ3v) is 7.08. The molecule has 10 nitrogen and oxygen atoms in total. The lowest BCUT2D eigenvalue weighted by Gasteiger charge is -2.20. The first-order valence-corrected chi connectivity index (χ1v) is 11.7. The molecule has 1 amide bonds. The van der Waals surface area contributed by atoms with E-state index in [-0.39, 0.29) is 34.2 Å². The largest absolute Gasteiger partial charge is 0.497 e. The second kappa shape index (κ2) is 8.90. The number of rotatable bonds is 5. The Kier molecular flexibility index (Phi) is 5.78. The lowest BCUT2D eigenvalue weighted by atomic mass is 9.90. The van der Waals surface area contributed by atoms with E-state index in [4.69, 9.17) is 14.6 Å². The van der Waals surface area contributed by atoms with Gasteiger partial charge < -0.3 is 9.15 Å². The number of carbonyl (C=O) groups is 1. The fraction of sp³-hybridized carbons (Fsp3) is 0.304. The number of benzene rings is 1. The number of amides is 1. The Bertz CT molecular complexity index is 1290. The van der Waals surface area contributed by atoms with Gasteiger partial charge in [-0.25, -0.2) is 0 Å². The van der Waals surface area contributed by atoms with Crippen LogP contribution >= 0.6 is 11.8 Å². The van der Waals surface area contributed by atoms with E-state index in [1.165, 1.54) is 42.4 Å². The monoisotopic (exact) mass is 479 g/mol. The highest BCUT2D eigenvalue weighted by Gasteiger charge is 2.38. The Labute approximate surface area is 199 Å². The fourth-order valence-corrected chi connectivity index (χ4v) is 5.30. The Morgan fingerprint density at radius 2 is 2.06 bits per heavy atom. The zero-order valence-electron chi connectivity index (χ0n) is 18.3. The predicted octanol–water partition coefficient (Wildman–Crippen LogP) is 5.06. The van der Waals surface area contributed by atoms with Gasteiger partial charge in [0.2, 0.25) is 5.17 Å². The van der Waals surface area contributed by atoms with E-state index in [1.807, 2.05) is 0 Å². The van der Waals surface area contributed by atoms with Gasteiger partial charge in [-0.2, -0.15) is 15.1 Å². The number of nitrogens with one attached hydrogen (secondary N) is 1. The molecule has 11 heteroatoms. The van der Waals surface area contributed by atoms with Crippen molar-refractivity contribution in [2.24, 2.45) is 16.0 Å². The summed E-state index contributed by atoms with van der Waals surface area (Å²) in [7, 11) is 1.43. The molecule has 0 saturated heterocycles. The molecule has 0 unspecified atom stereocenters. The van der Waals surface area contributed by atoms with Gasteiger partial charge in [0.15, 0.2) is 5.84 Å². The third kappa shape index (κ3) is 4.03. The summed E-state index contributed by atoms with van der Waals surface area (Å²) in [5, 5.41) is 27.4. The zero-order valence-corrected chi connectivity index (χ0v) is 19.1. The average molecular weight is 480 g/mol. The second-order valence-corrected chi connectivity index (χ2v) is 9.12. The van der Waals surface area contributed by atoms with Crippen LogP contribution in [0.2, 0.25) is 0 Å². The Hall–Kier alpha value is -3.73. The SMILES string of the molecule is COc1ccc(-c2ccc(/C=C3/C(=N)N4N=C(C5CCCCC5)SC4=NC3=O)o2)c([N+](=O)[O-])c1. The molecule has 1 aromatic heterocycles. The van der Waals surface area contributed by atoms with Crippen LogP contribution in [0.3, 0.4) is 0 Å². The molecule has 2 aromatic rings. The van der Waals surface area contributed by atoms with Gasteiger partial charge in [-0.1, -0.05) is 19.3 Å². The number of furan rings is 1. The van der Waals surface area contributed by atoms with Crippen molar-refractivity contribution in [3.8, 4) is 17.1 Å². The van der Waals surface area contributed by atoms with E-state index in [0.29, 0.717) is 16.8 Å². The number of aliphatic imine (C=N–C) groups is 1. The van der Waals surface area contributed by atoms with Gasteiger partial charge in [0.1, 0.15) is 22.3 Å². The molecule has 0 radical (unpaired) electrons. The van der Waals surface area contributed by atoms with Crippen LogP contribution in [0.15, 0.2) is 50.4 Å². The molecule has 0 spiro atoms. The Balaban J connectivity index is 1.42. The van der Waals surface area contributed by atoms with Gasteiger partial charge in [-0.3, -0.25) is 20.3 Å². The van der Waals surface area contributed by atoms with Crippen molar-refractivity contribution in [2.45, 2.75) is 32.1 Å². The number of ether oxygens (including phenoxy) is 1. The summed E-state index contributed by atoms with van der Waals surface area (Å²) in [5.74, 6) is 0.620. The highest BCUT2D eigenvalue weighted by Crippen LogP contribution is 2.37. The molecule has 1 fully saturated rings. The van der Waals surface area contributed by atoms with E-state index >= 15 is 0 Å². The van der Waals surface area contributed by atoms with Gasteiger partial charge in [0, 0.05) is 5.92 Å². The molecule has 1 saturated carbocycles. The number of fused-ring (bicyclic) bond motifs is 1. The first kappa shape index (κ1) is 22.1. The summed E-state index contributed by atoms with van der Waals surface area (Å²) in [6.07, 6.45) is 7.08. The lowest BCUT2D eigenvalue weighted by molar-refractivity contribution is -0.384. The number of hydrogen-bond donors (Lipinski definition) is 1. The maximum Gasteiger partial charge on any atom is 0.284 e. The number of amidine groups is 2. The van der Waals surface area contributed by atoms with E-state index in [1.54, 1.807) is 24.3 Å². The van der Waals surface area contributed by atoms with Crippen LogP contribution in [0.5, 0.6) is 5.75 Å². The normalized spacial score (nSPS) is 19.8. The Morgan fingerprint density at radius 1 is 1.26 bits per heavy atom. The summed E-state index contributed by atoms with van der Waals surface area (Å²) >= 11 is 1.37. The molecular formula is C23H21N5O5S. The van der Waals surface area contributed by atoms with Crippen molar-refractivity contribution >= 4 is 45.5 Å². The standard InChI is InChI=1S/C23H21N5O5S/c1-32-14-7-9-16(18(12-14)28(30)31)19-10-8-15(33-19)11-17-20(24)27-23(25-21(17)29)34-22(26-27)13-5-3-2-4-6-13/h7-13,24H,2-6H2,1H3/b17-11-,24-20?. The smallest absolute Gasteiger partial charge is 0.284 e. The van der Waals surface area contributed by atoms with Crippen LogP contribution in [0.4, 0.5) is 5.69 Å². The van der Waals surface area contributed by atoms with Gasteiger partial charge in [0.25, 0.3) is 11.6 Å². The van der Waals surface area contributed by atoms with E-state index < -0.39 is 10.8 Å². The summed E-state index contributed by atoms with van der Waals surface area (Å²) in [6, 6.07) is 7.63. The van der Waals surface area contributed by atoms with Gasteiger partial charge in [0.05, 0.1) is 29.2 Å². The number of nitro groups is 1. The number of nitrogens with zero attached hydrogens (tertiary/aromatic N) is 4. The Morgan fingerprint density at radius 3 is 2.79 bits per heavy atom. The van der Waals surface area contributed by atoms with Gasteiger partial charge >= 0.3 is 0 Å². The minimum atomic E-state index is -0.544. The average Bonchev–Trinajstić information content (AvgIpc) is 3.49. The van der Waals surface area contributed by atoms with Crippen LogP contribution < -0.4 is 4.74 Å². The number of hydrogen-bond acceptors (Lipinski definition) is 8. The molecule has 34 heavy (non-hydrogen) atoms. The summed E-state index contributed by atoms with van der Waals surface area (Å²) in [5.41, 5.74) is 0.156. The van der Waals surface area contributed by atoms with Crippen LogP contribution in [-0.4, -0.2) is 39.0 Å². The number of hydrazone groups is 1. The number of carbonyl (C=O) groups excluding carboxylic acids is 1. The van der Waals surface area contributed by atoms with Crippen LogP contribution in [-0.2, 0) is 4.79 Å².